The summed E-state index contributed by atoms with van der Waals surface area (Å²) >= 11 is 0. The van der Waals surface area contributed by atoms with Crippen molar-refractivity contribution in [1.82, 2.24) is 0 Å². The fraction of sp³-hybridized carbons (Fsp3) is 0.905. The van der Waals surface area contributed by atoms with Crippen LogP contribution in [0.4, 0.5) is 4.79 Å². The van der Waals surface area contributed by atoms with Crippen molar-refractivity contribution in [2.75, 3.05) is 13.6 Å². The molecular weight excluding hydrogens is 326 g/mol. The van der Waals surface area contributed by atoms with Gasteiger partial charge in [-0.25, -0.2) is 5.41 Å². The fourth-order valence-corrected chi connectivity index (χ4v) is 3.30. The molecule has 4 N–H and O–H groups in total. The van der Waals surface area contributed by atoms with Gasteiger partial charge in [0.1, 0.15) is 0 Å². The molecule has 0 aliphatic rings. The zero-order chi connectivity index (χ0) is 19.7. The smallest absolute Gasteiger partial charge is 0.435 e. The molecule has 0 aliphatic carbocycles. The van der Waals surface area contributed by atoms with Gasteiger partial charge < -0.3 is 10.8 Å². The van der Waals surface area contributed by atoms with Crippen molar-refractivity contribution < 1.29 is 14.4 Å². The van der Waals surface area contributed by atoms with Crippen molar-refractivity contribution in [3.8, 4) is 0 Å². The zero-order valence-electron chi connectivity index (χ0n) is 17.4. The number of carboxylic acid groups (broad SMARTS) is 1. The zero-order valence-corrected chi connectivity index (χ0v) is 17.4. The molecule has 0 bridgehead atoms. The van der Waals surface area contributed by atoms with Crippen molar-refractivity contribution in [3.63, 3.8) is 0 Å². The summed E-state index contributed by atoms with van der Waals surface area (Å²) in [5.74, 6) is -0.293. The van der Waals surface area contributed by atoms with E-state index in [0.717, 1.165) is 19.3 Å². The molecule has 0 saturated heterocycles. The quantitative estimate of drug-likeness (QED) is 0.122. The minimum Gasteiger partial charge on any atom is -0.435 e. The van der Waals surface area contributed by atoms with Crippen molar-refractivity contribution in [2.45, 2.75) is 110 Å². The van der Waals surface area contributed by atoms with Gasteiger partial charge in [0.2, 0.25) is 0 Å². The van der Waals surface area contributed by atoms with Crippen molar-refractivity contribution >= 4 is 12.1 Å². The normalized spacial score (nSPS) is 13.5. The monoisotopic (exact) mass is 370 g/mol. The first-order valence-electron chi connectivity index (χ1n) is 10.9. The highest BCUT2D eigenvalue weighted by Crippen LogP contribution is 2.14. The molecule has 0 fully saturated rings. The number of nitrogens with one attached hydrogen (secondary N) is 1. The number of rotatable bonds is 17. The topological polar surface area (TPSA) is 87.2 Å². The molecule has 1 amide bonds. The number of quaternary nitrogens is 1. The van der Waals surface area contributed by atoms with E-state index in [9.17, 15) is 9.90 Å². The lowest BCUT2D eigenvalue weighted by molar-refractivity contribution is -0.747. The van der Waals surface area contributed by atoms with Gasteiger partial charge >= 0.3 is 12.1 Å². The van der Waals surface area contributed by atoms with E-state index in [4.69, 9.17) is 11.1 Å². The molecule has 5 nitrogen and oxygen atoms in total. The fourth-order valence-electron chi connectivity index (χ4n) is 3.30. The van der Waals surface area contributed by atoms with Gasteiger partial charge in [0.25, 0.3) is 0 Å². The second kappa shape index (κ2) is 16.1. The first-order chi connectivity index (χ1) is 12.4. The van der Waals surface area contributed by atoms with Crippen LogP contribution in [-0.2, 0) is 0 Å². The summed E-state index contributed by atoms with van der Waals surface area (Å²) in [6.07, 6.45) is 19.7. The third kappa shape index (κ3) is 12.3. The number of unbranched alkanes of at least 4 members (excludes halogenated alkanes) is 15. The largest absolute Gasteiger partial charge is 0.521 e. The molecule has 0 aliphatic heterocycles. The third-order valence-electron chi connectivity index (χ3n) is 5.41. The maximum atomic E-state index is 11.2. The third-order valence-corrected chi connectivity index (χ3v) is 5.41. The molecule has 0 radical (unpaired) electrons. The Morgan fingerprint density at radius 1 is 0.769 bits per heavy atom. The highest BCUT2D eigenvalue weighted by atomic mass is 16.4. The molecule has 5 heteroatoms. The van der Waals surface area contributed by atoms with Crippen LogP contribution in [0.15, 0.2) is 0 Å². The van der Waals surface area contributed by atoms with E-state index >= 15 is 0 Å². The van der Waals surface area contributed by atoms with E-state index in [1.54, 1.807) is 0 Å². The number of carbonyl (C=O) groups is 1. The molecule has 0 saturated carbocycles. The number of hydrogen-bond acceptors (Lipinski definition) is 2. The highest BCUT2D eigenvalue weighted by molar-refractivity contribution is 5.78. The van der Waals surface area contributed by atoms with Gasteiger partial charge in [-0.1, -0.05) is 96.8 Å². The standard InChI is InChI=1S/C21H43N3O2/c1-3-4-5-6-7-8-9-10-11-12-13-14-15-16-17-18-19-24(2,20(22)23)21(25)26/h3-19H2,1-2H3,(H3-,22,23,25,26)/p+1. The Labute approximate surface area is 161 Å². The summed E-state index contributed by atoms with van der Waals surface area (Å²) in [5, 5.41) is 16.6. The molecule has 1 atom stereocenters. The maximum absolute atomic E-state index is 11.2. The van der Waals surface area contributed by atoms with Crippen molar-refractivity contribution in [3.05, 3.63) is 0 Å². The van der Waals surface area contributed by atoms with Crippen LogP contribution in [-0.4, -0.2) is 35.2 Å². The predicted octanol–water partition coefficient (Wildman–Crippen LogP) is 6.27. The van der Waals surface area contributed by atoms with Crippen LogP contribution in [0.2, 0.25) is 0 Å². The van der Waals surface area contributed by atoms with E-state index < -0.39 is 10.6 Å². The second-order valence-corrected chi connectivity index (χ2v) is 7.89. The summed E-state index contributed by atoms with van der Waals surface area (Å²) in [6, 6.07) is 0. The molecule has 0 spiro atoms. The Balaban J connectivity index is 3.34. The van der Waals surface area contributed by atoms with Gasteiger partial charge in [-0.2, -0.15) is 9.28 Å². The van der Waals surface area contributed by atoms with Crippen LogP contribution in [0.1, 0.15) is 110 Å². The van der Waals surface area contributed by atoms with E-state index in [1.165, 1.54) is 90.5 Å². The van der Waals surface area contributed by atoms with Gasteiger partial charge in [0, 0.05) is 0 Å². The van der Waals surface area contributed by atoms with Crippen molar-refractivity contribution in [2.24, 2.45) is 5.73 Å². The van der Waals surface area contributed by atoms with Gasteiger partial charge in [0.15, 0.2) is 0 Å². The molecule has 0 aromatic carbocycles. The lowest BCUT2D eigenvalue weighted by atomic mass is 10.0. The summed E-state index contributed by atoms with van der Waals surface area (Å²) in [4.78, 5) is 11.2. The van der Waals surface area contributed by atoms with Gasteiger partial charge in [-0.05, 0) is 12.8 Å². The molecule has 0 aromatic rings. The highest BCUT2D eigenvalue weighted by Gasteiger charge is 2.35. The number of nitrogens with two attached hydrogens (primary N) is 1. The first kappa shape index (κ1) is 24.9. The molecule has 0 heterocycles. The first-order valence-corrected chi connectivity index (χ1v) is 10.9. The Morgan fingerprint density at radius 3 is 1.35 bits per heavy atom. The molecule has 1 unspecified atom stereocenters. The summed E-state index contributed by atoms with van der Waals surface area (Å²) in [7, 11) is 1.50. The molecule has 154 valence electrons. The maximum Gasteiger partial charge on any atom is 0.521 e. The summed E-state index contributed by atoms with van der Waals surface area (Å²) in [6.45, 7) is 2.67. The number of hydrogen-bond donors (Lipinski definition) is 3. The second-order valence-electron chi connectivity index (χ2n) is 7.89. The lowest BCUT2D eigenvalue weighted by Crippen LogP contribution is -2.56. The number of nitrogens with zero attached hydrogens (tertiary/aromatic N) is 1. The van der Waals surface area contributed by atoms with Crippen LogP contribution >= 0.6 is 0 Å². The van der Waals surface area contributed by atoms with E-state index in [0.29, 0.717) is 6.54 Å². The minimum atomic E-state index is -1.04. The molecule has 26 heavy (non-hydrogen) atoms. The van der Waals surface area contributed by atoms with Crippen LogP contribution in [0, 0.1) is 5.41 Å². The Hall–Kier alpha value is -1.10. The average Bonchev–Trinajstić information content (AvgIpc) is 2.60. The van der Waals surface area contributed by atoms with E-state index in [2.05, 4.69) is 6.92 Å². The Morgan fingerprint density at radius 2 is 1.08 bits per heavy atom. The van der Waals surface area contributed by atoms with Crippen LogP contribution in [0.5, 0.6) is 0 Å². The van der Waals surface area contributed by atoms with Gasteiger partial charge in [-0.15, -0.1) is 0 Å². The summed E-state index contributed by atoms with van der Waals surface area (Å²) in [5.41, 5.74) is 5.41. The van der Waals surface area contributed by atoms with Crippen LogP contribution in [0.3, 0.4) is 0 Å². The SMILES string of the molecule is CCCCCCCCCCCCCCCCCC[N+](C)(C(=N)N)C(=O)O. The van der Waals surface area contributed by atoms with E-state index in [-0.39, 0.29) is 5.96 Å². The number of guanidine groups is 1. The van der Waals surface area contributed by atoms with Crippen molar-refractivity contribution in [1.29, 1.82) is 5.41 Å². The van der Waals surface area contributed by atoms with E-state index in [1.807, 2.05) is 0 Å². The predicted molar refractivity (Wildman–Crippen MR) is 111 cm³/mol. The van der Waals surface area contributed by atoms with Gasteiger partial charge in [0.05, 0.1) is 13.6 Å². The van der Waals surface area contributed by atoms with Crippen LogP contribution in [0.25, 0.3) is 0 Å². The minimum absolute atomic E-state index is 0.293. The summed E-state index contributed by atoms with van der Waals surface area (Å²) < 4.78 is -0.487. The molecule has 0 rings (SSSR count). The molecule has 0 aromatic heterocycles. The Bertz CT molecular complexity index is 358. The van der Waals surface area contributed by atoms with Crippen LogP contribution < -0.4 is 5.73 Å². The number of amides is 1. The lowest BCUT2D eigenvalue weighted by Gasteiger charge is -2.24. The molecular formula is C21H44N3O2+. The Kier molecular flexibility index (Phi) is 15.4. The van der Waals surface area contributed by atoms with Gasteiger partial charge in [-0.3, -0.25) is 0 Å². The average molecular weight is 371 g/mol.